The van der Waals surface area contributed by atoms with Crippen LogP contribution in [0.15, 0.2) is 12.1 Å². The fraction of sp³-hybridized carbons (Fsp3) is 0.632. The van der Waals surface area contributed by atoms with E-state index < -0.39 is 0 Å². The maximum absolute atomic E-state index is 12.6. The molecule has 0 saturated heterocycles. The van der Waals surface area contributed by atoms with Crippen molar-refractivity contribution >= 4 is 6.03 Å². The Balaban J connectivity index is 2.09. The van der Waals surface area contributed by atoms with Gasteiger partial charge in [-0.25, -0.2) is 4.79 Å². The van der Waals surface area contributed by atoms with E-state index in [4.69, 9.17) is 9.47 Å². The number of nitrogens with zero attached hydrogens (tertiary/aromatic N) is 1. The maximum Gasteiger partial charge on any atom is 0.317 e. The van der Waals surface area contributed by atoms with E-state index in [-0.39, 0.29) is 12.1 Å². The van der Waals surface area contributed by atoms with Crippen LogP contribution in [0.2, 0.25) is 0 Å². The van der Waals surface area contributed by atoms with E-state index in [9.17, 15) is 4.79 Å². The molecule has 1 atom stereocenters. The number of urea groups is 1. The summed E-state index contributed by atoms with van der Waals surface area (Å²) in [6, 6.07) is 3.83. The molecule has 5 nitrogen and oxygen atoms in total. The van der Waals surface area contributed by atoms with E-state index >= 15 is 0 Å². The molecule has 0 spiro atoms. The highest BCUT2D eigenvalue weighted by atomic mass is 16.5. The quantitative estimate of drug-likeness (QED) is 0.784. The Bertz CT molecular complexity index is 570. The molecule has 5 heteroatoms. The van der Waals surface area contributed by atoms with Crippen molar-refractivity contribution in [1.29, 1.82) is 0 Å². The summed E-state index contributed by atoms with van der Waals surface area (Å²) in [6.07, 6.45) is 3.47. The zero-order valence-electron chi connectivity index (χ0n) is 15.5. The van der Waals surface area contributed by atoms with Gasteiger partial charge in [-0.1, -0.05) is 6.92 Å². The monoisotopic (exact) mass is 334 g/mol. The number of hydrogen-bond donors (Lipinski definition) is 1. The van der Waals surface area contributed by atoms with Crippen LogP contribution in [-0.4, -0.2) is 38.2 Å². The number of methoxy groups -OCH3 is 2. The highest BCUT2D eigenvalue weighted by Gasteiger charge is 2.27. The van der Waals surface area contributed by atoms with Crippen molar-refractivity contribution < 1.29 is 14.3 Å². The third-order valence-corrected chi connectivity index (χ3v) is 4.53. The number of ether oxygens (including phenoxy) is 2. The molecule has 1 aromatic carbocycles. The molecule has 1 fully saturated rings. The summed E-state index contributed by atoms with van der Waals surface area (Å²) in [6.45, 7) is 7.81. The lowest BCUT2D eigenvalue weighted by molar-refractivity contribution is 0.192. The van der Waals surface area contributed by atoms with Gasteiger partial charge in [0.1, 0.15) is 0 Å². The van der Waals surface area contributed by atoms with E-state index in [2.05, 4.69) is 12.2 Å². The SMILES string of the molecule is CCCN(CC1CC1)C(=O)NC(C)c1cc(OC)c(OC)cc1C. The Kier molecular flexibility index (Phi) is 6.35. The molecule has 2 rings (SSSR count). The van der Waals surface area contributed by atoms with Crippen molar-refractivity contribution in [2.75, 3.05) is 27.3 Å². The first-order valence-electron chi connectivity index (χ1n) is 8.78. The van der Waals surface area contributed by atoms with Crippen LogP contribution >= 0.6 is 0 Å². The molecular formula is C19H30N2O3. The first-order chi connectivity index (χ1) is 11.5. The van der Waals surface area contributed by atoms with Crippen LogP contribution in [0.4, 0.5) is 4.79 Å². The van der Waals surface area contributed by atoms with Gasteiger partial charge < -0.3 is 19.7 Å². The summed E-state index contributed by atoms with van der Waals surface area (Å²) in [5, 5.41) is 3.13. The molecule has 0 aliphatic heterocycles. The Morgan fingerprint density at radius 3 is 2.46 bits per heavy atom. The lowest BCUT2D eigenvalue weighted by Gasteiger charge is -2.26. The molecule has 1 aromatic rings. The van der Waals surface area contributed by atoms with Crippen LogP contribution in [0.25, 0.3) is 0 Å². The van der Waals surface area contributed by atoms with Crippen molar-refractivity contribution in [3.63, 3.8) is 0 Å². The number of rotatable bonds is 8. The normalized spacial score (nSPS) is 14.9. The fourth-order valence-electron chi connectivity index (χ4n) is 2.97. The highest BCUT2D eigenvalue weighted by Crippen LogP contribution is 2.33. The molecular weight excluding hydrogens is 304 g/mol. The van der Waals surface area contributed by atoms with Crippen LogP contribution in [0.5, 0.6) is 11.5 Å². The summed E-state index contributed by atoms with van der Waals surface area (Å²) < 4.78 is 10.7. The van der Waals surface area contributed by atoms with Gasteiger partial charge in [-0.2, -0.15) is 0 Å². The zero-order valence-corrected chi connectivity index (χ0v) is 15.5. The predicted octanol–water partition coefficient (Wildman–Crippen LogP) is 3.90. The lowest BCUT2D eigenvalue weighted by Crippen LogP contribution is -2.42. The van der Waals surface area contributed by atoms with Crippen molar-refractivity contribution in [2.24, 2.45) is 5.92 Å². The molecule has 1 N–H and O–H groups in total. The molecule has 0 radical (unpaired) electrons. The number of amides is 2. The second kappa shape index (κ2) is 8.27. The van der Waals surface area contributed by atoms with Crippen LogP contribution in [-0.2, 0) is 0 Å². The Morgan fingerprint density at radius 2 is 1.92 bits per heavy atom. The van der Waals surface area contributed by atoms with Crippen molar-refractivity contribution in [3.05, 3.63) is 23.3 Å². The van der Waals surface area contributed by atoms with Gasteiger partial charge in [0.15, 0.2) is 11.5 Å². The molecule has 1 unspecified atom stereocenters. The third-order valence-electron chi connectivity index (χ3n) is 4.53. The number of aryl methyl sites for hydroxylation is 1. The van der Waals surface area contributed by atoms with Gasteiger partial charge in [0.05, 0.1) is 20.3 Å². The molecule has 134 valence electrons. The fourth-order valence-corrected chi connectivity index (χ4v) is 2.97. The number of benzene rings is 1. The van der Waals surface area contributed by atoms with Crippen LogP contribution in [0.1, 0.15) is 50.3 Å². The zero-order chi connectivity index (χ0) is 17.7. The highest BCUT2D eigenvalue weighted by molar-refractivity contribution is 5.75. The molecule has 1 aliphatic carbocycles. The standard InChI is InChI=1S/C19H30N2O3/c1-6-9-21(12-15-7-8-15)19(22)20-14(3)16-11-18(24-5)17(23-4)10-13(16)2/h10-11,14-15H,6-9,12H2,1-5H3,(H,20,22). The minimum atomic E-state index is -0.0872. The second-order valence-electron chi connectivity index (χ2n) is 6.62. The average molecular weight is 334 g/mol. The van der Waals surface area contributed by atoms with Crippen molar-refractivity contribution in [3.8, 4) is 11.5 Å². The minimum Gasteiger partial charge on any atom is -0.493 e. The number of carbonyl (C=O) groups excluding carboxylic acids is 1. The Morgan fingerprint density at radius 1 is 1.29 bits per heavy atom. The van der Waals surface area contributed by atoms with Gasteiger partial charge in [0.2, 0.25) is 0 Å². The number of carbonyl (C=O) groups is 1. The first-order valence-corrected chi connectivity index (χ1v) is 8.78. The Labute approximate surface area is 145 Å². The molecule has 0 heterocycles. The molecule has 1 saturated carbocycles. The van der Waals surface area contributed by atoms with E-state index in [1.165, 1.54) is 12.8 Å². The molecule has 0 aromatic heterocycles. The van der Waals surface area contributed by atoms with E-state index in [1.807, 2.05) is 30.9 Å². The smallest absolute Gasteiger partial charge is 0.317 e. The summed E-state index contributed by atoms with van der Waals surface area (Å²) in [4.78, 5) is 14.6. The predicted molar refractivity (Wildman–Crippen MR) is 95.8 cm³/mol. The van der Waals surface area contributed by atoms with Gasteiger partial charge in [-0.15, -0.1) is 0 Å². The van der Waals surface area contributed by atoms with Crippen LogP contribution in [0.3, 0.4) is 0 Å². The summed E-state index contributed by atoms with van der Waals surface area (Å²) in [7, 11) is 3.25. The minimum absolute atomic E-state index is 0.0189. The van der Waals surface area contributed by atoms with E-state index in [0.717, 1.165) is 30.6 Å². The van der Waals surface area contributed by atoms with Gasteiger partial charge in [0.25, 0.3) is 0 Å². The van der Waals surface area contributed by atoms with Gasteiger partial charge in [-0.3, -0.25) is 0 Å². The van der Waals surface area contributed by atoms with Crippen molar-refractivity contribution in [1.82, 2.24) is 10.2 Å². The van der Waals surface area contributed by atoms with Crippen LogP contribution in [0, 0.1) is 12.8 Å². The molecule has 24 heavy (non-hydrogen) atoms. The molecule has 2 amide bonds. The second-order valence-corrected chi connectivity index (χ2v) is 6.62. The maximum atomic E-state index is 12.6. The van der Waals surface area contributed by atoms with E-state index in [1.54, 1.807) is 14.2 Å². The van der Waals surface area contributed by atoms with E-state index in [0.29, 0.717) is 17.4 Å². The average Bonchev–Trinajstić information content (AvgIpc) is 3.37. The first kappa shape index (κ1) is 18.4. The Hall–Kier alpha value is -1.91. The summed E-state index contributed by atoms with van der Waals surface area (Å²) in [5.74, 6) is 2.08. The summed E-state index contributed by atoms with van der Waals surface area (Å²) >= 11 is 0. The van der Waals surface area contributed by atoms with Gasteiger partial charge >= 0.3 is 6.03 Å². The largest absolute Gasteiger partial charge is 0.493 e. The summed E-state index contributed by atoms with van der Waals surface area (Å²) in [5.41, 5.74) is 2.12. The number of hydrogen-bond acceptors (Lipinski definition) is 3. The van der Waals surface area contributed by atoms with Gasteiger partial charge in [-0.05, 0) is 62.3 Å². The lowest BCUT2D eigenvalue weighted by atomic mass is 10.0. The topological polar surface area (TPSA) is 50.8 Å². The van der Waals surface area contributed by atoms with Crippen LogP contribution < -0.4 is 14.8 Å². The third kappa shape index (κ3) is 4.56. The molecule has 0 bridgehead atoms. The van der Waals surface area contributed by atoms with Gasteiger partial charge in [0, 0.05) is 13.1 Å². The van der Waals surface area contributed by atoms with Crippen molar-refractivity contribution in [2.45, 2.75) is 46.1 Å². The number of nitrogens with one attached hydrogen (secondary N) is 1. The molecule has 1 aliphatic rings.